The minimum atomic E-state index is -0.844. The Morgan fingerprint density at radius 2 is 0.778 bits per heavy atom. The van der Waals surface area contributed by atoms with Crippen molar-refractivity contribution in [2.24, 2.45) is 23.3 Å². The van der Waals surface area contributed by atoms with Gasteiger partial charge in [0, 0.05) is 88.8 Å². The van der Waals surface area contributed by atoms with Crippen molar-refractivity contribution in [2.45, 2.75) is 178 Å². The predicted octanol–water partition coefficient (Wildman–Crippen LogP) is 21.2. The fraction of sp³-hybridized carbons (Fsp3) is 0.455. The van der Waals surface area contributed by atoms with Gasteiger partial charge in [0.2, 0.25) is 11.8 Å². The molecule has 6 heterocycles. The number of hydrogen-bond acceptors (Lipinski definition) is 15. The van der Waals surface area contributed by atoms with Crippen LogP contribution in [-0.2, 0) is 36.4 Å². The van der Waals surface area contributed by atoms with Crippen LogP contribution in [0.4, 0.5) is 16.3 Å². The summed E-state index contributed by atoms with van der Waals surface area (Å²) in [7, 11) is 11.2. The number of nitrogens with one attached hydrogen (secondary N) is 1. The first-order valence-corrected chi connectivity index (χ1v) is 53.7. The van der Waals surface area contributed by atoms with Crippen LogP contribution in [0.25, 0.3) is 11.1 Å². The molecule has 9 aromatic carbocycles. The lowest BCUT2D eigenvalue weighted by Gasteiger charge is -2.37. The SMILES string of the molecule is CN(CCCCOCCCCN1CCC(C(C(N)=O)(c2ccccc2)c2ccccc2)C1)CCN1C(=O)c2ccccc2C1=O.C[N+](C)(CCCCCCCCCCN1CCC(C(C(N)=O)(c2ccccc2)c2ccccc2)C1)CCCN1C(=O)c2ccccc2C1=O.C[N+](C)(CCCCCCCCCN1CCC(OC(=O)Nc2ccccc2-c2ccccc2)CC1)CCN(Cc1ccc(Cl)cc1)c1ccccn1. The molecule has 5 aliphatic heterocycles. The van der Waals surface area contributed by atoms with Gasteiger partial charge in [-0.15, -0.1) is 0 Å². The van der Waals surface area contributed by atoms with E-state index in [-0.39, 0.29) is 59.5 Å². The number of para-hydroxylation sites is 1. The third-order valence-electron chi connectivity index (χ3n) is 30.2. The molecule has 2 unspecified atom stereocenters. The van der Waals surface area contributed by atoms with Crippen molar-refractivity contribution in [1.29, 1.82) is 0 Å². The summed E-state index contributed by atoms with van der Waals surface area (Å²) in [6.07, 6.45) is 29.1. The number of amides is 7. The molecule has 15 rings (SSSR count). The van der Waals surface area contributed by atoms with Crippen LogP contribution in [0.5, 0.6) is 0 Å². The molecule has 2 atom stereocenters. The second-order valence-corrected chi connectivity index (χ2v) is 41.9. The van der Waals surface area contributed by atoms with Gasteiger partial charge < -0.3 is 54.4 Å². The zero-order chi connectivity index (χ0) is 101. The lowest BCUT2D eigenvalue weighted by molar-refractivity contribution is -0.890. The van der Waals surface area contributed by atoms with E-state index < -0.39 is 10.8 Å². The van der Waals surface area contributed by atoms with Crippen molar-refractivity contribution in [1.82, 2.24) is 34.4 Å². The number of halogens is 1. The van der Waals surface area contributed by atoms with E-state index >= 15 is 0 Å². The van der Waals surface area contributed by atoms with E-state index in [1.54, 1.807) is 36.4 Å². The number of imide groups is 2. The molecular formula is C121H158ClN13O9+2. The number of quaternary nitrogens is 2. The average molecular weight is 1970 g/mol. The average Bonchev–Trinajstić information content (AvgIpc) is 1.55. The zero-order valence-electron chi connectivity index (χ0n) is 86.2. The van der Waals surface area contributed by atoms with Crippen molar-refractivity contribution in [3.8, 4) is 11.1 Å². The van der Waals surface area contributed by atoms with E-state index in [4.69, 9.17) is 32.5 Å². The van der Waals surface area contributed by atoms with Gasteiger partial charge in [0.25, 0.3) is 23.6 Å². The molecule has 1 aromatic heterocycles. The van der Waals surface area contributed by atoms with Gasteiger partial charge in [-0.05, 0) is 236 Å². The molecule has 0 aliphatic carbocycles. The van der Waals surface area contributed by atoms with Gasteiger partial charge >= 0.3 is 6.09 Å². The van der Waals surface area contributed by atoms with E-state index in [1.807, 2.05) is 183 Å². The number of nitrogens with two attached hydrogens (primary N) is 2. The van der Waals surface area contributed by atoms with Crippen molar-refractivity contribution in [3.63, 3.8) is 0 Å². The Bertz CT molecular complexity index is 5460. The van der Waals surface area contributed by atoms with Crippen LogP contribution in [0.2, 0.25) is 5.02 Å². The van der Waals surface area contributed by atoms with E-state index in [2.05, 4.69) is 124 Å². The van der Waals surface area contributed by atoms with Gasteiger partial charge in [0.15, 0.2) is 0 Å². The lowest BCUT2D eigenvalue weighted by atomic mass is 9.64. The molecule has 144 heavy (non-hydrogen) atoms. The summed E-state index contributed by atoms with van der Waals surface area (Å²) in [4.78, 5) is 109. The van der Waals surface area contributed by atoms with Crippen LogP contribution < -0.4 is 21.7 Å². The molecule has 0 radical (unpaired) electrons. The van der Waals surface area contributed by atoms with Gasteiger partial charge in [-0.3, -0.25) is 43.9 Å². The first-order valence-electron chi connectivity index (χ1n) is 53.3. The number of carbonyl (C=O) groups is 7. The molecule has 10 aromatic rings. The standard InChI is InChI=1S/C43H56ClN5O2.C41H54N4O3.C37H46N4O4/c1-49(2,34-32-48(42-21-13-14-28-45-42)35-36-22-24-38(44)25-23-36)33-16-7-5-3-4-6-15-29-47-30-26-39(27-31-47)51-43(50)46-41-20-12-11-19-40(41)37-17-9-8-10-18-37;1-45(2,31-19-28-44-38(46)36-24-15-16-25-37(36)39(44)47)30-18-8-6-4-3-5-7-17-27-43-29-26-35(32-43)41(40(42)48,33-20-11-9-12-21-33)34-22-13-10-14-23-34;1-39(24-25-41-34(42)32-18-8-9-19-33(32)35(41)43)21-10-12-26-45-27-13-11-22-40-23-20-31(28-40)37(36(38)44,29-14-4-2-5-15-29)30-16-6-3-7-17-30/h8-14,17-25,28,39H,3-7,15-16,26-27,29-35H2,1-2H3;9-16,20-25,35H,3-8,17-19,26-32H2,1-2H3,(H-,42,48);2-9,14-19,31H,10-13,20-28H2,1H3,(H2,38,44)/p+2. The number of unbranched alkanes of at least 4 members (excludes halogenated alkanes) is 15. The number of pyridine rings is 1. The van der Waals surface area contributed by atoms with Crippen LogP contribution in [0.3, 0.4) is 0 Å². The maximum atomic E-state index is 13.3. The number of fused-ring (bicyclic) bond motifs is 2. The summed E-state index contributed by atoms with van der Waals surface area (Å²) in [5, 5.41) is 3.75. The van der Waals surface area contributed by atoms with E-state index in [0.717, 1.165) is 228 Å². The highest BCUT2D eigenvalue weighted by molar-refractivity contribution is 6.30. The first-order chi connectivity index (χ1) is 70.0. The first kappa shape index (κ1) is 110. The summed E-state index contributed by atoms with van der Waals surface area (Å²) >= 11 is 6.12. The predicted molar refractivity (Wildman–Crippen MR) is 581 cm³/mol. The zero-order valence-corrected chi connectivity index (χ0v) is 87.0. The Hall–Kier alpha value is -11.6. The maximum absolute atomic E-state index is 13.3. The number of likely N-dealkylation sites (tertiary alicyclic amines) is 3. The van der Waals surface area contributed by atoms with Crippen molar-refractivity contribution in [3.05, 3.63) is 328 Å². The number of hydrogen-bond donors (Lipinski definition) is 3. The van der Waals surface area contributed by atoms with E-state index in [0.29, 0.717) is 41.9 Å². The minimum absolute atomic E-state index is 0.0251. The molecule has 22 nitrogen and oxygen atoms in total. The van der Waals surface area contributed by atoms with Gasteiger partial charge in [-0.1, -0.05) is 282 Å². The van der Waals surface area contributed by atoms with Crippen molar-refractivity contribution in [2.75, 3.05) is 176 Å². The fourth-order valence-electron chi connectivity index (χ4n) is 21.9. The molecule has 5 aliphatic rings. The maximum Gasteiger partial charge on any atom is 0.411 e. The Kier molecular flexibility index (Phi) is 42.8. The summed E-state index contributed by atoms with van der Waals surface area (Å²) in [5.41, 5.74) is 20.9. The van der Waals surface area contributed by atoms with Crippen molar-refractivity contribution < 1.29 is 52.0 Å². The van der Waals surface area contributed by atoms with Gasteiger partial charge in [-0.2, -0.15) is 0 Å². The number of anilines is 2. The van der Waals surface area contributed by atoms with Crippen LogP contribution >= 0.6 is 11.6 Å². The largest absolute Gasteiger partial charge is 0.446 e. The third-order valence-corrected chi connectivity index (χ3v) is 30.4. The second kappa shape index (κ2) is 56.2. The number of piperidine rings is 1. The highest BCUT2D eigenvalue weighted by Crippen LogP contribution is 2.46. The Morgan fingerprint density at radius 3 is 1.24 bits per heavy atom. The smallest absolute Gasteiger partial charge is 0.411 e. The number of nitrogens with zero attached hydrogens (tertiary/aromatic N) is 10. The fourth-order valence-corrected chi connectivity index (χ4v) is 22.0. The van der Waals surface area contributed by atoms with E-state index in [9.17, 15) is 33.6 Å². The number of carbonyl (C=O) groups excluding carboxylic acids is 7. The van der Waals surface area contributed by atoms with Gasteiger partial charge in [0.1, 0.15) is 22.8 Å². The van der Waals surface area contributed by atoms with E-state index in [1.165, 1.54) is 118 Å². The number of aromatic nitrogens is 1. The Labute approximate surface area is 862 Å². The normalized spacial score (nSPS) is 15.9. The Morgan fingerprint density at radius 1 is 0.396 bits per heavy atom. The summed E-state index contributed by atoms with van der Waals surface area (Å²) in [6.45, 7) is 18.9. The molecule has 0 bridgehead atoms. The number of primary amides is 2. The quantitative estimate of drug-likeness (QED) is 0.0183. The minimum Gasteiger partial charge on any atom is -0.446 e. The third kappa shape index (κ3) is 31.2. The number of ether oxygens (including phenoxy) is 2. The molecule has 0 saturated carbocycles. The van der Waals surface area contributed by atoms with Crippen molar-refractivity contribution >= 4 is 64.6 Å². The second-order valence-electron chi connectivity index (χ2n) is 41.5. The topological polar surface area (TPSA) is 238 Å². The van der Waals surface area contributed by atoms with Crippen LogP contribution in [0, 0.1) is 11.8 Å². The highest BCUT2D eigenvalue weighted by Gasteiger charge is 2.51. The molecule has 23 heteroatoms. The van der Waals surface area contributed by atoms with Gasteiger partial charge in [-0.25, -0.2) is 9.78 Å². The monoisotopic (exact) mass is 1970 g/mol. The summed E-state index contributed by atoms with van der Waals surface area (Å²) < 4.78 is 13.7. The van der Waals surface area contributed by atoms with Crippen LogP contribution in [0.1, 0.15) is 223 Å². The summed E-state index contributed by atoms with van der Waals surface area (Å²) in [6, 6.07) is 86.7. The number of benzene rings is 9. The molecular weight excluding hydrogens is 1810 g/mol. The molecule has 7 amide bonds. The molecule has 766 valence electrons. The molecule has 5 N–H and O–H groups in total. The molecule has 3 fully saturated rings. The Balaban J connectivity index is 0.000000181. The van der Waals surface area contributed by atoms with Gasteiger partial charge in [0.05, 0.1) is 88.9 Å². The molecule has 3 saturated heterocycles. The van der Waals surface area contributed by atoms with Crippen LogP contribution in [-0.4, -0.2) is 257 Å². The highest BCUT2D eigenvalue weighted by atomic mass is 35.5. The summed E-state index contributed by atoms with van der Waals surface area (Å²) in [5.74, 6) is 0.0520. The molecule has 0 spiro atoms. The van der Waals surface area contributed by atoms with Crippen LogP contribution in [0.15, 0.2) is 273 Å². The lowest BCUT2D eigenvalue weighted by Crippen LogP contribution is -2.49. The number of rotatable bonds is 55. The number of likely N-dealkylation sites (N-methyl/N-ethyl adjacent to an activating group) is 2.